The Morgan fingerprint density at radius 3 is 2.79 bits per heavy atom. The molecule has 0 fully saturated rings. The minimum Gasteiger partial charge on any atom is -0.344 e. The lowest BCUT2D eigenvalue weighted by Crippen LogP contribution is -2.06. The van der Waals surface area contributed by atoms with E-state index in [0.717, 1.165) is 33.8 Å². The molecule has 3 rings (SSSR count). The normalized spacial score (nSPS) is 11.3. The van der Waals surface area contributed by atoms with Gasteiger partial charge < -0.3 is 20.3 Å². The Morgan fingerprint density at radius 1 is 1.21 bits per heavy atom. The molecule has 0 saturated heterocycles. The van der Waals surface area contributed by atoms with Gasteiger partial charge in [-0.25, -0.2) is 9.78 Å². The lowest BCUT2D eigenvalue weighted by atomic mass is 10.1. The SMILES string of the molecule is CNCc1nc(-c2ccc3[nH]c(=O)[nH]c3c2)c(C)[nH]1. The van der Waals surface area contributed by atoms with Crippen LogP contribution in [0.3, 0.4) is 0 Å². The van der Waals surface area contributed by atoms with Crippen molar-refractivity contribution in [1.82, 2.24) is 25.3 Å². The van der Waals surface area contributed by atoms with Gasteiger partial charge in [0.05, 0.1) is 23.3 Å². The van der Waals surface area contributed by atoms with Crippen LogP contribution >= 0.6 is 0 Å². The van der Waals surface area contributed by atoms with Gasteiger partial charge in [-0.15, -0.1) is 0 Å². The van der Waals surface area contributed by atoms with E-state index < -0.39 is 0 Å². The average Bonchev–Trinajstić information content (AvgIpc) is 2.90. The van der Waals surface area contributed by atoms with E-state index in [1.807, 2.05) is 32.2 Å². The van der Waals surface area contributed by atoms with Gasteiger partial charge in [-0.1, -0.05) is 6.07 Å². The van der Waals surface area contributed by atoms with Crippen LogP contribution in [0.15, 0.2) is 23.0 Å². The summed E-state index contributed by atoms with van der Waals surface area (Å²) in [5.74, 6) is 0.901. The second kappa shape index (κ2) is 4.40. The molecule has 2 heterocycles. The smallest absolute Gasteiger partial charge is 0.323 e. The van der Waals surface area contributed by atoms with Crippen molar-refractivity contribution < 1.29 is 0 Å². The molecule has 6 nitrogen and oxygen atoms in total. The summed E-state index contributed by atoms with van der Waals surface area (Å²) >= 11 is 0. The fourth-order valence-electron chi connectivity index (χ4n) is 2.23. The highest BCUT2D eigenvalue weighted by molar-refractivity contribution is 5.81. The molecule has 6 heteroatoms. The molecule has 0 aliphatic carbocycles. The van der Waals surface area contributed by atoms with Crippen LogP contribution in [0.4, 0.5) is 0 Å². The maximum absolute atomic E-state index is 11.3. The lowest BCUT2D eigenvalue weighted by molar-refractivity contribution is 0.770. The predicted octanol–water partition coefficient (Wildman–Crippen LogP) is 1.27. The van der Waals surface area contributed by atoms with Crippen molar-refractivity contribution in [2.45, 2.75) is 13.5 Å². The quantitative estimate of drug-likeness (QED) is 0.569. The first kappa shape index (κ1) is 11.7. The molecule has 0 unspecified atom stereocenters. The highest BCUT2D eigenvalue weighted by atomic mass is 16.1. The number of benzene rings is 1. The van der Waals surface area contributed by atoms with Crippen LogP contribution in [-0.4, -0.2) is 27.0 Å². The molecule has 1 aromatic carbocycles. The van der Waals surface area contributed by atoms with Crippen LogP contribution in [0.2, 0.25) is 0 Å². The third-order valence-electron chi connectivity index (χ3n) is 3.07. The van der Waals surface area contributed by atoms with Gasteiger partial charge in [0, 0.05) is 11.3 Å². The van der Waals surface area contributed by atoms with Crippen LogP contribution in [0, 0.1) is 6.92 Å². The van der Waals surface area contributed by atoms with E-state index in [1.54, 1.807) is 0 Å². The molecule has 2 aromatic heterocycles. The molecule has 0 bridgehead atoms. The van der Waals surface area contributed by atoms with Crippen molar-refractivity contribution in [2.24, 2.45) is 0 Å². The molecule has 3 aromatic rings. The largest absolute Gasteiger partial charge is 0.344 e. The fraction of sp³-hybridized carbons (Fsp3) is 0.231. The van der Waals surface area contributed by atoms with E-state index in [-0.39, 0.29) is 5.69 Å². The first-order valence-electron chi connectivity index (χ1n) is 6.10. The first-order chi connectivity index (χ1) is 9.17. The highest BCUT2D eigenvalue weighted by Crippen LogP contribution is 2.23. The number of rotatable bonds is 3. The molecule has 0 radical (unpaired) electrons. The summed E-state index contributed by atoms with van der Waals surface area (Å²) in [5.41, 5.74) is 4.31. The number of aromatic amines is 3. The Balaban J connectivity index is 2.10. The van der Waals surface area contributed by atoms with E-state index in [2.05, 4.69) is 25.3 Å². The standard InChI is InChI=1S/C13H15N5O/c1-7-12(18-11(15-7)6-14-2)8-3-4-9-10(5-8)17-13(19)16-9/h3-5,14H,6H2,1-2H3,(H,15,18)(H2,16,17,19). The van der Waals surface area contributed by atoms with Gasteiger partial charge >= 0.3 is 5.69 Å². The minimum atomic E-state index is -0.193. The zero-order valence-corrected chi connectivity index (χ0v) is 10.8. The number of aryl methyl sites for hydroxylation is 1. The number of hydrogen-bond acceptors (Lipinski definition) is 3. The highest BCUT2D eigenvalue weighted by Gasteiger charge is 2.09. The van der Waals surface area contributed by atoms with E-state index in [9.17, 15) is 4.79 Å². The summed E-state index contributed by atoms with van der Waals surface area (Å²) < 4.78 is 0. The molecule has 0 saturated carbocycles. The van der Waals surface area contributed by atoms with Gasteiger partial charge in [-0.05, 0) is 26.1 Å². The van der Waals surface area contributed by atoms with Crippen molar-refractivity contribution >= 4 is 11.0 Å². The zero-order valence-electron chi connectivity index (χ0n) is 10.8. The van der Waals surface area contributed by atoms with Crippen molar-refractivity contribution in [3.8, 4) is 11.3 Å². The van der Waals surface area contributed by atoms with Crippen LogP contribution in [0.25, 0.3) is 22.3 Å². The van der Waals surface area contributed by atoms with Gasteiger partial charge in [-0.2, -0.15) is 0 Å². The van der Waals surface area contributed by atoms with Gasteiger partial charge in [-0.3, -0.25) is 0 Å². The Labute approximate surface area is 109 Å². The number of hydrogen-bond donors (Lipinski definition) is 4. The summed E-state index contributed by atoms with van der Waals surface area (Å²) in [5, 5.41) is 3.06. The van der Waals surface area contributed by atoms with Crippen LogP contribution in [0.5, 0.6) is 0 Å². The Bertz CT molecular complexity index is 780. The maximum Gasteiger partial charge on any atom is 0.323 e. The number of nitrogens with zero attached hydrogens (tertiary/aromatic N) is 1. The summed E-state index contributed by atoms with van der Waals surface area (Å²) in [6.45, 7) is 2.69. The minimum absolute atomic E-state index is 0.193. The Morgan fingerprint density at radius 2 is 2.00 bits per heavy atom. The average molecular weight is 257 g/mol. The number of fused-ring (bicyclic) bond motifs is 1. The fourth-order valence-corrected chi connectivity index (χ4v) is 2.23. The molecule has 0 aliphatic heterocycles. The molecule has 0 atom stereocenters. The number of H-pyrrole nitrogens is 3. The first-order valence-corrected chi connectivity index (χ1v) is 6.10. The van der Waals surface area contributed by atoms with Crippen LogP contribution in [-0.2, 0) is 6.54 Å². The topological polar surface area (TPSA) is 89.4 Å². The molecular formula is C13H15N5O. The molecular weight excluding hydrogens is 242 g/mol. The second-order valence-electron chi connectivity index (χ2n) is 4.53. The van der Waals surface area contributed by atoms with Crippen molar-refractivity contribution in [3.63, 3.8) is 0 Å². The second-order valence-corrected chi connectivity index (χ2v) is 4.53. The number of nitrogens with one attached hydrogen (secondary N) is 4. The third kappa shape index (κ3) is 2.06. The lowest BCUT2D eigenvalue weighted by Gasteiger charge is -1.98. The van der Waals surface area contributed by atoms with Gasteiger partial charge in [0.1, 0.15) is 5.82 Å². The van der Waals surface area contributed by atoms with Crippen molar-refractivity contribution in [3.05, 3.63) is 40.2 Å². The molecule has 0 amide bonds. The number of aromatic nitrogens is 4. The van der Waals surface area contributed by atoms with E-state index >= 15 is 0 Å². The van der Waals surface area contributed by atoms with Crippen LogP contribution < -0.4 is 11.0 Å². The summed E-state index contributed by atoms with van der Waals surface area (Å²) in [6.07, 6.45) is 0. The third-order valence-corrected chi connectivity index (χ3v) is 3.07. The van der Waals surface area contributed by atoms with Crippen molar-refractivity contribution in [2.75, 3.05) is 7.05 Å². The monoisotopic (exact) mass is 257 g/mol. The molecule has 0 aliphatic rings. The molecule has 98 valence electrons. The molecule has 19 heavy (non-hydrogen) atoms. The van der Waals surface area contributed by atoms with E-state index in [0.29, 0.717) is 6.54 Å². The number of imidazole rings is 2. The van der Waals surface area contributed by atoms with Crippen molar-refractivity contribution in [1.29, 1.82) is 0 Å². The molecule has 4 N–H and O–H groups in total. The predicted molar refractivity (Wildman–Crippen MR) is 74.0 cm³/mol. The van der Waals surface area contributed by atoms with E-state index in [4.69, 9.17) is 0 Å². The summed E-state index contributed by atoms with van der Waals surface area (Å²) in [6, 6.07) is 5.77. The van der Waals surface area contributed by atoms with Crippen LogP contribution in [0.1, 0.15) is 11.5 Å². The zero-order chi connectivity index (χ0) is 13.4. The maximum atomic E-state index is 11.3. The van der Waals surface area contributed by atoms with Gasteiger partial charge in [0.15, 0.2) is 0 Å². The summed E-state index contributed by atoms with van der Waals surface area (Å²) in [4.78, 5) is 24.5. The van der Waals surface area contributed by atoms with Gasteiger partial charge in [0.2, 0.25) is 0 Å². The summed E-state index contributed by atoms with van der Waals surface area (Å²) in [7, 11) is 1.88. The van der Waals surface area contributed by atoms with E-state index in [1.165, 1.54) is 0 Å². The molecule has 0 spiro atoms. The Kier molecular flexibility index (Phi) is 2.72. The van der Waals surface area contributed by atoms with Gasteiger partial charge in [0.25, 0.3) is 0 Å². The Hall–Kier alpha value is -2.34.